The van der Waals surface area contributed by atoms with Gasteiger partial charge >= 0.3 is 0 Å². The molecule has 0 saturated heterocycles. The Labute approximate surface area is 171 Å². The topological polar surface area (TPSA) is 70.4 Å². The Morgan fingerprint density at radius 2 is 2.04 bits per heavy atom. The summed E-state index contributed by atoms with van der Waals surface area (Å²) in [5.41, 5.74) is 0.860. The van der Waals surface area contributed by atoms with Gasteiger partial charge in [-0.1, -0.05) is 35.5 Å². The Kier molecular flexibility index (Phi) is 6.72. The zero-order valence-corrected chi connectivity index (χ0v) is 17.0. The molecule has 28 heavy (non-hydrogen) atoms. The third kappa shape index (κ3) is 4.55. The van der Waals surface area contributed by atoms with Crippen molar-refractivity contribution in [2.75, 3.05) is 26.6 Å². The van der Waals surface area contributed by atoms with Crippen LogP contribution >= 0.6 is 23.4 Å². The third-order valence-corrected chi connectivity index (χ3v) is 5.34. The Hall–Kier alpha value is -2.35. The van der Waals surface area contributed by atoms with Crippen LogP contribution in [0.4, 0.5) is 0 Å². The normalized spacial score (nSPS) is 11.0. The average molecular weight is 419 g/mol. The summed E-state index contributed by atoms with van der Waals surface area (Å²) in [5.74, 6) is 0.674. The lowest BCUT2D eigenvalue weighted by Gasteiger charge is -2.13. The van der Waals surface area contributed by atoms with Crippen LogP contribution in [0.25, 0.3) is 10.9 Å². The first-order valence-corrected chi connectivity index (χ1v) is 9.89. The van der Waals surface area contributed by atoms with E-state index in [2.05, 4.69) is 4.98 Å². The van der Waals surface area contributed by atoms with Crippen LogP contribution < -0.4 is 10.3 Å². The first kappa shape index (κ1) is 20.4. The average Bonchev–Trinajstić information content (AvgIpc) is 2.71. The van der Waals surface area contributed by atoms with E-state index < -0.39 is 0 Å². The van der Waals surface area contributed by atoms with Crippen LogP contribution in [0.3, 0.4) is 0 Å². The minimum atomic E-state index is -0.185. The largest absolute Gasteiger partial charge is 0.497 e. The third-order valence-electron chi connectivity index (χ3n) is 4.13. The number of aromatic nitrogens is 2. The van der Waals surface area contributed by atoms with Crippen molar-refractivity contribution in [3.05, 3.63) is 63.4 Å². The van der Waals surface area contributed by atoms with E-state index in [1.807, 2.05) is 0 Å². The summed E-state index contributed by atoms with van der Waals surface area (Å²) >= 11 is 7.25. The molecule has 2 aromatic carbocycles. The molecule has 0 unspecified atom stereocenters. The van der Waals surface area contributed by atoms with Gasteiger partial charge in [0.05, 0.1) is 36.9 Å². The molecule has 3 rings (SSSR count). The second-order valence-corrected chi connectivity index (χ2v) is 7.33. The van der Waals surface area contributed by atoms with Gasteiger partial charge in [-0.15, -0.1) is 0 Å². The minimum absolute atomic E-state index is 0.0809. The van der Waals surface area contributed by atoms with Crippen molar-refractivity contribution in [3.8, 4) is 5.75 Å². The van der Waals surface area contributed by atoms with Gasteiger partial charge in [-0.25, -0.2) is 4.98 Å². The van der Waals surface area contributed by atoms with E-state index in [4.69, 9.17) is 21.1 Å². The quantitative estimate of drug-likeness (QED) is 0.316. The summed E-state index contributed by atoms with van der Waals surface area (Å²) in [6, 6.07) is 11.9. The van der Waals surface area contributed by atoms with Gasteiger partial charge in [0.25, 0.3) is 5.56 Å². The number of carbonyl (C=O) groups excluding carboxylic acids is 1. The van der Waals surface area contributed by atoms with E-state index in [1.54, 1.807) is 56.7 Å². The van der Waals surface area contributed by atoms with Crippen molar-refractivity contribution in [1.29, 1.82) is 0 Å². The molecule has 0 aliphatic heterocycles. The molecule has 146 valence electrons. The van der Waals surface area contributed by atoms with Crippen molar-refractivity contribution < 1.29 is 14.3 Å². The van der Waals surface area contributed by atoms with Gasteiger partial charge < -0.3 is 9.47 Å². The van der Waals surface area contributed by atoms with Gasteiger partial charge in [0.15, 0.2) is 10.9 Å². The smallest absolute Gasteiger partial charge is 0.262 e. The SMILES string of the molecule is COCCn1c(SCC(=O)c2cccc(OC)c2)nc2cc(Cl)ccc2c1=O. The molecule has 1 heterocycles. The van der Waals surface area contributed by atoms with Crippen LogP contribution in [0.2, 0.25) is 5.02 Å². The molecule has 0 radical (unpaired) electrons. The van der Waals surface area contributed by atoms with E-state index in [1.165, 1.54) is 16.3 Å². The summed E-state index contributed by atoms with van der Waals surface area (Å²) in [4.78, 5) is 30.0. The number of hydrogen-bond donors (Lipinski definition) is 0. The molecule has 0 fully saturated rings. The van der Waals surface area contributed by atoms with Crippen LogP contribution in [0, 0.1) is 0 Å². The number of benzene rings is 2. The molecular weight excluding hydrogens is 400 g/mol. The van der Waals surface area contributed by atoms with Crippen molar-refractivity contribution in [2.24, 2.45) is 0 Å². The van der Waals surface area contributed by atoms with E-state index in [-0.39, 0.29) is 17.1 Å². The van der Waals surface area contributed by atoms with Crippen molar-refractivity contribution >= 4 is 40.0 Å². The number of ketones is 1. The van der Waals surface area contributed by atoms with Gasteiger partial charge in [0.1, 0.15) is 5.75 Å². The maximum Gasteiger partial charge on any atom is 0.262 e. The van der Waals surface area contributed by atoms with Crippen molar-refractivity contribution in [3.63, 3.8) is 0 Å². The molecule has 0 amide bonds. The molecule has 0 bridgehead atoms. The fraction of sp³-hybridized carbons (Fsp3) is 0.250. The lowest BCUT2D eigenvalue weighted by Crippen LogP contribution is -2.25. The van der Waals surface area contributed by atoms with Gasteiger partial charge in [-0.2, -0.15) is 0 Å². The summed E-state index contributed by atoms with van der Waals surface area (Å²) in [7, 11) is 3.12. The summed E-state index contributed by atoms with van der Waals surface area (Å²) < 4.78 is 11.8. The second kappa shape index (κ2) is 9.23. The molecule has 0 atom stereocenters. The fourth-order valence-corrected chi connectivity index (χ4v) is 3.76. The fourth-order valence-electron chi connectivity index (χ4n) is 2.67. The zero-order valence-electron chi connectivity index (χ0n) is 15.5. The Bertz CT molecular complexity index is 1070. The molecule has 1 aromatic heterocycles. The van der Waals surface area contributed by atoms with Crippen molar-refractivity contribution in [1.82, 2.24) is 9.55 Å². The van der Waals surface area contributed by atoms with E-state index >= 15 is 0 Å². The molecule has 0 N–H and O–H groups in total. The lowest BCUT2D eigenvalue weighted by molar-refractivity contribution is 0.102. The molecular formula is C20H19ClN2O4S. The van der Waals surface area contributed by atoms with Crippen LogP contribution in [0.5, 0.6) is 5.75 Å². The highest BCUT2D eigenvalue weighted by Crippen LogP contribution is 2.22. The number of thioether (sulfide) groups is 1. The molecule has 0 aliphatic carbocycles. The van der Waals surface area contributed by atoms with E-state index in [0.717, 1.165) is 0 Å². The number of Topliss-reactive ketones (excluding diaryl/α,β-unsaturated/α-hetero) is 1. The molecule has 3 aromatic rings. The second-order valence-electron chi connectivity index (χ2n) is 5.95. The van der Waals surface area contributed by atoms with Crippen molar-refractivity contribution in [2.45, 2.75) is 11.7 Å². The predicted octanol–water partition coefficient (Wildman–Crippen LogP) is 3.68. The number of methoxy groups -OCH3 is 2. The van der Waals surface area contributed by atoms with Gasteiger partial charge in [0, 0.05) is 17.7 Å². The van der Waals surface area contributed by atoms with Gasteiger partial charge in [-0.3, -0.25) is 14.2 Å². The molecule has 6 nitrogen and oxygen atoms in total. The maximum absolute atomic E-state index is 12.9. The molecule has 0 saturated carbocycles. The Balaban J connectivity index is 1.91. The van der Waals surface area contributed by atoms with E-state index in [0.29, 0.717) is 45.5 Å². The number of nitrogens with zero attached hydrogens (tertiary/aromatic N) is 2. The highest BCUT2D eigenvalue weighted by Gasteiger charge is 2.15. The lowest BCUT2D eigenvalue weighted by atomic mass is 10.1. The maximum atomic E-state index is 12.9. The highest BCUT2D eigenvalue weighted by atomic mass is 35.5. The van der Waals surface area contributed by atoms with Crippen LogP contribution in [0.1, 0.15) is 10.4 Å². The summed E-state index contributed by atoms with van der Waals surface area (Å²) in [6.45, 7) is 0.703. The highest BCUT2D eigenvalue weighted by molar-refractivity contribution is 7.99. The minimum Gasteiger partial charge on any atom is -0.497 e. The van der Waals surface area contributed by atoms with Gasteiger partial charge in [-0.05, 0) is 30.3 Å². The van der Waals surface area contributed by atoms with Crippen LogP contribution in [-0.4, -0.2) is 41.9 Å². The zero-order chi connectivity index (χ0) is 20.1. The first-order chi connectivity index (χ1) is 13.5. The number of fused-ring (bicyclic) bond motifs is 1. The molecule has 0 spiro atoms. The van der Waals surface area contributed by atoms with E-state index in [9.17, 15) is 9.59 Å². The number of hydrogen-bond acceptors (Lipinski definition) is 6. The number of rotatable bonds is 8. The Morgan fingerprint density at radius 3 is 2.79 bits per heavy atom. The first-order valence-electron chi connectivity index (χ1n) is 8.52. The molecule has 8 heteroatoms. The predicted molar refractivity (Wildman–Crippen MR) is 111 cm³/mol. The number of ether oxygens (including phenoxy) is 2. The standard InChI is InChI=1S/C20H19ClN2O4S/c1-26-9-8-23-19(25)16-7-6-14(21)11-17(16)22-20(23)28-12-18(24)13-4-3-5-15(10-13)27-2/h3-7,10-11H,8-9,12H2,1-2H3. The summed E-state index contributed by atoms with van der Waals surface area (Å²) in [6.07, 6.45) is 0. The van der Waals surface area contributed by atoms with Gasteiger partial charge in [0.2, 0.25) is 0 Å². The number of halogens is 1. The number of carbonyl (C=O) groups is 1. The summed E-state index contributed by atoms with van der Waals surface area (Å²) in [5, 5.41) is 1.43. The Morgan fingerprint density at radius 1 is 1.21 bits per heavy atom. The van der Waals surface area contributed by atoms with Crippen LogP contribution in [0.15, 0.2) is 52.4 Å². The monoisotopic (exact) mass is 418 g/mol. The van der Waals surface area contributed by atoms with Crippen LogP contribution in [-0.2, 0) is 11.3 Å². The molecule has 0 aliphatic rings.